The van der Waals surface area contributed by atoms with E-state index in [1.54, 1.807) is 41.9 Å². The van der Waals surface area contributed by atoms with E-state index in [1.807, 2.05) is 11.8 Å². The van der Waals surface area contributed by atoms with Gasteiger partial charge in [-0.2, -0.15) is 0 Å². The summed E-state index contributed by atoms with van der Waals surface area (Å²) in [6.45, 7) is 8.38. The first-order chi connectivity index (χ1) is 21.2. The number of rotatable bonds is 7. The molecule has 2 aromatic carbocycles. The van der Waals surface area contributed by atoms with Crippen LogP contribution in [0, 0.1) is 19.3 Å². The molecule has 5 rings (SSSR count). The molecule has 1 fully saturated rings. The standard InChI is InChI=1S/C33H42N2O10/c1-14-24(36)21-20(30(44-11)27(14)41-8)18(13-45-32(39)33(3,4)5)35-23(25(21)37)22-19-16(12-17(31(35)38)34(22)6)26(40-7)15(2)28(42-9)29(19)43-10/h17-18,22-23,36H,12-13H2,1-11H3/t17-,18-,22-,23+/m0/s1. The number of ketones is 1. The summed E-state index contributed by atoms with van der Waals surface area (Å²) in [7, 11) is 9.26. The van der Waals surface area contributed by atoms with E-state index in [9.17, 15) is 19.5 Å². The van der Waals surface area contributed by atoms with Crippen LogP contribution in [0.1, 0.15) is 71.0 Å². The largest absolute Gasteiger partial charge is 0.507 e. The topological polar surface area (TPSA) is 133 Å². The molecular weight excluding hydrogens is 584 g/mol. The van der Waals surface area contributed by atoms with Crippen molar-refractivity contribution in [1.29, 1.82) is 0 Å². The van der Waals surface area contributed by atoms with Gasteiger partial charge in [0.1, 0.15) is 24.1 Å². The zero-order valence-corrected chi connectivity index (χ0v) is 27.7. The maximum Gasteiger partial charge on any atom is 0.311 e. The molecule has 0 radical (unpaired) electrons. The molecule has 3 aliphatic heterocycles. The Labute approximate surface area is 263 Å². The number of phenols is 1. The van der Waals surface area contributed by atoms with Crippen LogP contribution in [0.4, 0.5) is 0 Å². The highest BCUT2D eigenvalue weighted by Gasteiger charge is 2.60. The number of aromatic hydroxyl groups is 1. The number of benzene rings is 2. The van der Waals surface area contributed by atoms with Crippen LogP contribution >= 0.6 is 0 Å². The van der Waals surface area contributed by atoms with Gasteiger partial charge in [-0.05, 0) is 41.7 Å². The average molecular weight is 627 g/mol. The molecule has 0 aromatic heterocycles. The molecule has 244 valence electrons. The number of Topliss-reactive ketones (excluding diaryl/α,β-unsaturated/α-hetero) is 1. The predicted molar refractivity (Wildman–Crippen MR) is 163 cm³/mol. The molecule has 4 atom stereocenters. The third kappa shape index (κ3) is 4.47. The number of hydrogen-bond acceptors (Lipinski definition) is 11. The molecule has 0 unspecified atom stereocenters. The minimum absolute atomic E-state index is 0.0139. The number of phenolic OH excluding ortho intramolecular Hbond substituents is 1. The Hall–Kier alpha value is -4.19. The number of likely N-dealkylation sites (N-methyl/N-ethyl adjacent to an activating group) is 1. The van der Waals surface area contributed by atoms with E-state index in [4.69, 9.17) is 28.4 Å². The van der Waals surface area contributed by atoms with E-state index in [0.29, 0.717) is 33.9 Å². The van der Waals surface area contributed by atoms with Crippen LogP contribution < -0.4 is 23.7 Å². The number of amides is 1. The summed E-state index contributed by atoms with van der Waals surface area (Å²) >= 11 is 0. The van der Waals surface area contributed by atoms with E-state index < -0.39 is 41.3 Å². The van der Waals surface area contributed by atoms with E-state index in [2.05, 4.69) is 0 Å². The van der Waals surface area contributed by atoms with E-state index >= 15 is 0 Å². The molecule has 1 amide bonds. The fraction of sp³-hybridized carbons (Fsp3) is 0.545. The minimum Gasteiger partial charge on any atom is -0.507 e. The molecule has 1 N–H and O–H groups in total. The molecular formula is C33H42N2O10. The Bertz CT molecular complexity index is 1590. The quantitative estimate of drug-likeness (QED) is 0.451. The van der Waals surface area contributed by atoms with Crippen molar-refractivity contribution in [3.63, 3.8) is 0 Å². The van der Waals surface area contributed by atoms with Crippen LogP contribution in [0.5, 0.6) is 34.5 Å². The van der Waals surface area contributed by atoms with Crippen LogP contribution in [0.3, 0.4) is 0 Å². The van der Waals surface area contributed by atoms with Crippen LogP contribution in [-0.2, 0) is 20.7 Å². The number of ether oxygens (including phenoxy) is 6. The normalized spacial score (nSPS) is 22.2. The Morgan fingerprint density at radius 1 is 0.822 bits per heavy atom. The average Bonchev–Trinajstić information content (AvgIpc) is 2.99. The number of esters is 1. The summed E-state index contributed by atoms with van der Waals surface area (Å²) < 4.78 is 34.8. The third-order valence-electron chi connectivity index (χ3n) is 9.34. The highest BCUT2D eigenvalue weighted by molar-refractivity contribution is 6.10. The Morgan fingerprint density at radius 2 is 1.36 bits per heavy atom. The molecule has 12 heteroatoms. The van der Waals surface area contributed by atoms with Gasteiger partial charge in [-0.3, -0.25) is 19.3 Å². The molecule has 0 spiro atoms. The fourth-order valence-electron chi connectivity index (χ4n) is 7.24. The van der Waals surface area contributed by atoms with Gasteiger partial charge in [0.15, 0.2) is 28.8 Å². The van der Waals surface area contributed by atoms with Gasteiger partial charge in [0.2, 0.25) is 5.91 Å². The van der Waals surface area contributed by atoms with Crippen molar-refractivity contribution < 1.29 is 47.9 Å². The Morgan fingerprint density at radius 3 is 1.89 bits per heavy atom. The van der Waals surface area contributed by atoms with Crippen molar-refractivity contribution in [2.75, 3.05) is 49.2 Å². The summed E-state index contributed by atoms with van der Waals surface area (Å²) in [5, 5.41) is 11.6. The van der Waals surface area contributed by atoms with Crippen molar-refractivity contribution in [2.24, 2.45) is 5.41 Å². The van der Waals surface area contributed by atoms with Gasteiger partial charge in [-0.15, -0.1) is 0 Å². The highest BCUT2D eigenvalue weighted by Crippen LogP contribution is 2.58. The van der Waals surface area contributed by atoms with Crippen molar-refractivity contribution >= 4 is 17.7 Å². The number of hydrogen-bond donors (Lipinski definition) is 1. The van der Waals surface area contributed by atoms with Crippen LogP contribution in [0.2, 0.25) is 0 Å². The summed E-state index contributed by atoms with van der Waals surface area (Å²) in [4.78, 5) is 45.9. The number of methoxy groups -OCH3 is 5. The molecule has 2 aromatic rings. The van der Waals surface area contributed by atoms with E-state index in [-0.39, 0.29) is 47.3 Å². The Kier molecular flexibility index (Phi) is 8.10. The molecule has 12 nitrogen and oxygen atoms in total. The lowest BCUT2D eigenvalue weighted by atomic mass is 9.72. The first-order valence-electron chi connectivity index (χ1n) is 14.8. The Balaban J connectivity index is 1.84. The van der Waals surface area contributed by atoms with Crippen molar-refractivity contribution in [3.8, 4) is 34.5 Å². The lowest BCUT2D eigenvalue weighted by molar-refractivity contribution is -0.163. The van der Waals surface area contributed by atoms with E-state index in [1.165, 1.54) is 33.3 Å². The lowest BCUT2D eigenvalue weighted by Gasteiger charge is -2.56. The van der Waals surface area contributed by atoms with Gasteiger partial charge in [0.05, 0.1) is 64.7 Å². The minimum atomic E-state index is -1.14. The SMILES string of the molecule is COc1c(C)c(OC)c(OC)c2c1C[C@H]1C(=O)N3[C@@H](COC(=O)C(C)(C)C)c4c(OC)c(OC)c(C)c(O)c4C(=O)[C@H]3[C@H]2N1C. The molecule has 1 saturated heterocycles. The van der Waals surface area contributed by atoms with Crippen molar-refractivity contribution in [2.45, 2.75) is 65.2 Å². The maximum atomic E-state index is 14.8. The van der Waals surface area contributed by atoms with E-state index in [0.717, 1.165) is 5.56 Å². The zero-order chi connectivity index (χ0) is 33.3. The van der Waals surface area contributed by atoms with Crippen LogP contribution in [0.15, 0.2) is 0 Å². The molecule has 3 heterocycles. The number of carbonyl (C=O) groups excluding carboxylic acids is 3. The first-order valence-corrected chi connectivity index (χ1v) is 14.8. The second-order valence-corrected chi connectivity index (χ2v) is 12.7. The van der Waals surface area contributed by atoms with Crippen LogP contribution in [0.25, 0.3) is 0 Å². The number of fused-ring (bicyclic) bond motifs is 7. The van der Waals surface area contributed by atoms with Gasteiger partial charge in [0.25, 0.3) is 0 Å². The highest BCUT2D eigenvalue weighted by atomic mass is 16.5. The van der Waals surface area contributed by atoms with Crippen molar-refractivity contribution in [3.05, 3.63) is 33.4 Å². The molecule has 3 aliphatic rings. The number of carbonyl (C=O) groups is 3. The van der Waals surface area contributed by atoms with Gasteiger partial charge < -0.3 is 38.4 Å². The summed E-state index contributed by atoms with van der Waals surface area (Å²) in [5.41, 5.74) is 1.79. The monoisotopic (exact) mass is 626 g/mol. The van der Waals surface area contributed by atoms with Gasteiger partial charge in [-0.25, -0.2) is 0 Å². The molecule has 0 aliphatic carbocycles. The maximum absolute atomic E-state index is 14.8. The first kappa shape index (κ1) is 32.2. The van der Waals surface area contributed by atoms with Gasteiger partial charge >= 0.3 is 5.97 Å². The molecule has 45 heavy (non-hydrogen) atoms. The number of piperazine rings is 1. The zero-order valence-electron chi connectivity index (χ0n) is 27.7. The summed E-state index contributed by atoms with van der Waals surface area (Å²) in [6.07, 6.45) is 0.268. The second kappa shape index (κ2) is 11.3. The smallest absolute Gasteiger partial charge is 0.311 e. The lowest BCUT2D eigenvalue weighted by Crippen LogP contribution is -2.68. The van der Waals surface area contributed by atoms with Gasteiger partial charge in [0, 0.05) is 34.2 Å². The van der Waals surface area contributed by atoms with Crippen molar-refractivity contribution in [1.82, 2.24) is 9.80 Å². The van der Waals surface area contributed by atoms with Gasteiger partial charge in [-0.1, -0.05) is 0 Å². The third-order valence-corrected chi connectivity index (χ3v) is 9.34. The summed E-state index contributed by atoms with van der Waals surface area (Å²) in [6, 6.07) is -3.55. The number of nitrogens with zero attached hydrogens (tertiary/aromatic N) is 2. The molecule has 2 bridgehead atoms. The van der Waals surface area contributed by atoms with Crippen LogP contribution in [-0.4, -0.2) is 93.9 Å². The predicted octanol–water partition coefficient (Wildman–Crippen LogP) is 3.69. The summed E-state index contributed by atoms with van der Waals surface area (Å²) in [5.74, 6) is 0.211. The second-order valence-electron chi connectivity index (χ2n) is 12.7. The molecule has 0 saturated carbocycles. The fourth-order valence-corrected chi connectivity index (χ4v) is 7.24.